The van der Waals surface area contributed by atoms with Crippen molar-refractivity contribution in [3.05, 3.63) is 46.1 Å². The van der Waals surface area contributed by atoms with Gasteiger partial charge in [-0.3, -0.25) is 9.48 Å². The monoisotopic (exact) mass is 330 g/mol. The van der Waals surface area contributed by atoms with Crippen molar-refractivity contribution in [2.75, 3.05) is 13.7 Å². The van der Waals surface area contributed by atoms with Crippen LogP contribution in [0.5, 0.6) is 0 Å². The van der Waals surface area contributed by atoms with Crippen molar-refractivity contribution in [1.82, 2.24) is 19.7 Å². The Morgan fingerprint density at radius 1 is 1.29 bits per heavy atom. The van der Waals surface area contributed by atoms with E-state index in [-0.39, 0.29) is 17.3 Å². The van der Waals surface area contributed by atoms with E-state index >= 15 is 0 Å². The number of hydrogen-bond donors (Lipinski definition) is 1. The standard InChI is InChI=1S/C17H19FN4O2/c1-10(2)13-14-15(22(21-13)8-9-24-3)17(23)20-16(19-14)11-4-6-12(18)7-5-11/h4-7,10H,8-9H2,1-3H3,(H,19,20,23). The second-order valence-electron chi connectivity index (χ2n) is 5.87. The minimum atomic E-state index is -0.336. The first kappa shape index (κ1) is 16.3. The summed E-state index contributed by atoms with van der Waals surface area (Å²) in [7, 11) is 1.60. The van der Waals surface area contributed by atoms with E-state index in [1.165, 1.54) is 12.1 Å². The van der Waals surface area contributed by atoms with E-state index < -0.39 is 0 Å². The Morgan fingerprint density at radius 3 is 2.62 bits per heavy atom. The molecule has 1 N–H and O–H groups in total. The van der Waals surface area contributed by atoms with Crippen molar-refractivity contribution in [3.8, 4) is 11.4 Å². The van der Waals surface area contributed by atoms with Crippen LogP contribution in [0.15, 0.2) is 29.1 Å². The molecular weight excluding hydrogens is 311 g/mol. The molecule has 2 heterocycles. The van der Waals surface area contributed by atoms with Crippen LogP contribution < -0.4 is 5.56 Å². The summed E-state index contributed by atoms with van der Waals surface area (Å²) in [5.74, 6) is 0.185. The summed E-state index contributed by atoms with van der Waals surface area (Å²) in [5.41, 5.74) is 2.14. The second-order valence-corrected chi connectivity index (χ2v) is 5.87. The summed E-state index contributed by atoms with van der Waals surface area (Å²) in [6.07, 6.45) is 0. The highest BCUT2D eigenvalue weighted by Crippen LogP contribution is 2.23. The van der Waals surface area contributed by atoms with Crippen molar-refractivity contribution in [2.24, 2.45) is 0 Å². The van der Waals surface area contributed by atoms with E-state index in [0.717, 1.165) is 5.69 Å². The highest BCUT2D eigenvalue weighted by atomic mass is 19.1. The average Bonchev–Trinajstić information content (AvgIpc) is 2.93. The predicted octanol–water partition coefficient (Wildman–Crippen LogP) is 2.70. The molecule has 0 unspecified atom stereocenters. The third-order valence-electron chi connectivity index (χ3n) is 3.80. The van der Waals surface area contributed by atoms with Gasteiger partial charge in [0.15, 0.2) is 5.52 Å². The molecule has 0 saturated carbocycles. The van der Waals surface area contributed by atoms with E-state index in [0.29, 0.717) is 35.6 Å². The first-order valence-electron chi connectivity index (χ1n) is 7.77. The maximum Gasteiger partial charge on any atom is 0.277 e. The Morgan fingerprint density at radius 2 is 2.00 bits per heavy atom. The Bertz CT molecular complexity index is 913. The number of H-pyrrole nitrogens is 1. The van der Waals surface area contributed by atoms with Gasteiger partial charge in [0.1, 0.15) is 17.2 Å². The van der Waals surface area contributed by atoms with Crippen molar-refractivity contribution in [2.45, 2.75) is 26.3 Å². The molecule has 0 amide bonds. The average molecular weight is 330 g/mol. The van der Waals surface area contributed by atoms with Crippen molar-refractivity contribution >= 4 is 11.0 Å². The Balaban J connectivity index is 2.21. The van der Waals surface area contributed by atoms with Crippen molar-refractivity contribution in [1.29, 1.82) is 0 Å². The van der Waals surface area contributed by atoms with E-state index in [4.69, 9.17) is 4.74 Å². The first-order chi connectivity index (χ1) is 11.5. The van der Waals surface area contributed by atoms with Gasteiger partial charge < -0.3 is 9.72 Å². The third-order valence-corrected chi connectivity index (χ3v) is 3.80. The quantitative estimate of drug-likeness (QED) is 0.781. The summed E-state index contributed by atoms with van der Waals surface area (Å²) in [5, 5.41) is 4.53. The van der Waals surface area contributed by atoms with Gasteiger partial charge in [0.05, 0.1) is 18.8 Å². The summed E-state index contributed by atoms with van der Waals surface area (Å²) in [6, 6.07) is 5.85. The van der Waals surface area contributed by atoms with Gasteiger partial charge in [-0.1, -0.05) is 13.8 Å². The number of aromatic nitrogens is 4. The van der Waals surface area contributed by atoms with Gasteiger partial charge in [-0.15, -0.1) is 0 Å². The first-order valence-corrected chi connectivity index (χ1v) is 7.77. The molecule has 0 aliphatic heterocycles. The van der Waals surface area contributed by atoms with Crippen LogP contribution in [0.1, 0.15) is 25.5 Å². The summed E-state index contributed by atoms with van der Waals surface area (Å²) in [6.45, 7) is 4.93. The number of hydrogen-bond acceptors (Lipinski definition) is 4. The summed E-state index contributed by atoms with van der Waals surface area (Å²) < 4.78 is 19.8. The molecule has 0 aliphatic carbocycles. The molecule has 0 radical (unpaired) electrons. The van der Waals surface area contributed by atoms with Gasteiger partial charge >= 0.3 is 0 Å². The third kappa shape index (κ3) is 2.94. The fourth-order valence-electron chi connectivity index (χ4n) is 2.59. The normalized spacial score (nSPS) is 11.5. The lowest BCUT2D eigenvalue weighted by Crippen LogP contribution is -2.15. The zero-order chi connectivity index (χ0) is 17.3. The summed E-state index contributed by atoms with van der Waals surface area (Å²) in [4.78, 5) is 19.9. The lowest BCUT2D eigenvalue weighted by atomic mass is 10.1. The largest absolute Gasteiger partial charge is 0.383 e. The molecule has 7 heteroatoms. The fourth-order valence-corrected chi connectivity index (χ4v) is 2.59. The molecule has 126 valence electrons. The summed E-state index contributed by atoms with van der Waals surface area (Å²) >= 11 is 0. The molecule has 0 fully saturated rings. The molecule has 6 nitrogen and oxygen atoms in total. The van der Waals surface area contributed by atoms with Crippen LogP contribution in [0.4, 0.5) is 4.39 Å². The molecule has 0 atom stereocenters. The van der Waals surface area contributed by atoms with E-state index in [2.05, 4.69) is 15.1 Å². The van der Waals surface area contributed by atoms with Crippen LogP contribution in [0, 0.1) is 5.82 Å². The van der Waals surface area contributed by atoms with Crippen LogP contribution in [0.3, 0.4) is 0 Å². The Hall–Kier alpha value is -2.54. The van der Waals surface area contributed by atoms with Gasteiger partial charge in [0.25, 0.3) is 5.56 Å². The molecule has 3 aromatic rings. The number of halogens is 1. The molecular formula is C17H19FN4O2. The second kappa shape index (κ2) is 6.52. The minimum absolute atomic E-state index is 0.117. The lowest BCUT2D eigenvalue weighted by Gasteiger charge is -2.04. The van der Waals surface area contributed by atoms with Crippen LogP contribution in [0.2, 0.25) is 0 Å². The van der Waals surface area contributed by atoms with E-state index in [1.54, 1.807) is 23.9 Å². The number of nitrogens with zero attached hydrogens (tertiary/aromatic N) is 3. The number of ether oxygens (including phenoxy) is 1. The van der Waals surface area contributed by atoms with E-state index in [1.807, 2.05) is 13.8 Å². The minimum Gasteiger partial charge on any atom is -0.383 e. The highest BCUT2D eigenvalue weighted by molar-refractivity contribution is 5.79. The predicted molar refractivity (Wildman–Crippen MR) is 89.5 cm³/mol. The van der Waals surface area contributed by atoms with Crippen LogP contribution in [-0.2, 0) is 11.3 Å². The van der Waals surface area contributed by atoms with Gasteiger partial charge in [0, 0.05) is 12.7 Å². The van der Waals surface area contributed by atoms with Crippen LogP contribution >= 0.6 is 0 Å². The zero-order valence-corrected chi connectivity index (χ0v) is 13.8. The number of fused-ring (bicyclic) bond motifs is 1. The van der Waals surface area contributed by atoms with Gasteiger partial charge in [0.2, 0.25) is 0 Å². The topological polar surface area (TPSA) is 72.8 Å². The highest BCUT2D eigenvalue weighted by Gasteiger charge is 2.19. The number of methoxy groups -OCH3 is 1. The maximum absolute atomic E-state index is 13.1. The molecule has 0 saturated heterocycles. The molecule has 24 heavy (non-hydrogen) atoms. The zero-order valence-electron chi connectivity index (χ0n) is 13.8. The van der Waals surface area contributed by atoms with Gasteiger partial charge in [-0.25, -0.2) is 9.37 Å². The number of aromatic amines is 1. The van der Waals surface area contributed by atoms with E-state index in [9.17, 15) is 9.18 Å². The smallest absolute Gasteiger partial charge is 0.277 e. The van der Waals surface area contributed by atoms with Crippen LogP contribution in [-0.4, -0.2) is 33.5 Å². The van der Waals surface area contributed by atoms with Crippen molar-refractivity contribution in [3.63, 3.8) is 0 Å². The van der Waals surface area contributed by atoms with Crippen LogP contribution in [0.25, 0.3) is 22.4 Å². The SMILES string of the molecule is COCCn1nc(C(C)C)c2nc(-c3ccc(F)cc3)[nH]c(=O)c21. The molecule has 2 aromatic heterocycles. The Kier molecular flexibility index (Phi) is 4.44. The molecule has 0 aliphatic rings. The molecule has 0 spiro atoms. The fraction of sp³-hybridized carbons (Fsp3) is 0.353. The Labute approximate surface area is 138 Å². The maximum atomic E-state index is 13.1. The van der Waals surface area contributed by atoms with Gasteiger partial charge in [-0.05, 0) is 30.2 Å². The number of nitrogens with one attached hydrogen (secondary N) is 1. The number of benzene rings is 1. The number of rotatable bonds is 5. The molecule has 1 aromatic carbocycles. The van der Waals surface area contributed by atoms with Gasteiger partial charge in [-0.2, -0.15) is 5.10 Å². The molecule has 0 bridgehead atoms. The molecule has 3 rings (SSSR count). The van der Waals surface area contributed by atoms with Crippen molar-refractivity contribution < 1.29 is 9.13 Å². The lowest BCUT2D eigenvalue weighted by molar-refractivity contribution is 0.184.